The molecule has 2 aromatic rings. The fourth-order valence-electron chi connectivity index (χ4n) is 2.88. The third kappa shape index (κ3) is 3.21. The third-order valence-electron chi connectivity index (χ3n) is 4.16. The fourth-order valence-corrected chi connectivity index (χ4v) is 4.79. The van der Waals surface area contributed by atoms with E-state index in [0.717, 1.165) is 4.31 Å². The van der Waals surface area contributed by atoms with Gasteiger partial charge in [-0.05, 0) is 50.0 Å². The Balaban J connectivity index is 2.00. The van der Waals surface area contributed by atoms with Crippen molar-refractivity contribution < 1.29 is 17.6 Å². The number of carbonyl (C=O) groups excluding carboxylic acids is 1. The van der Waals surface area contributed by atoms with Crippen LogP contribution in [0.4, 0.5) is 4.39 Å². The molecule has 0 aliphatic carbocycles. The maximum atomic E-state index is 13.6. The van der Waals surface area contributed by atoms with Crippen molar-refractivity contribution in [2.75, 3.05) is 20.6 Å². The van der Waals surface area contributed by atoms with Crippen molar-refractivity contribution in [2.45, 2.75) is 10.9 Å². The molecule has 0 spiro atoms. The Morgan fingerprint density at radius 3 is 2.56 bits per heavy atom. The maximum Gasteiger partial charge on any atom is 0.269 e. The van der Waals surface area contributed by atoms with Crippen molar-refractivity contribution in [3.8, 4) is 0 Å². The van der Waals surface area contributed by atoms with Crippen LogP contribution in [0.1, 0.15) is 22.0 Å². The normalized spacial score (nSPS) is 17.0. The molecule has 0 fully saturated rings. The molecule has 0 N–H and O–H groups in total. The van der Waals surface area contributed by atoms with Gasteiger partial charge in [0.2, 0.25) is 0 Å². The lowest BCUT2D eigenvalue weighted by atomic mass is 10.1. The standard InChI is InChI=1S/C17H16BrFN2O3S/c1-20(2)15(11-4-3-5-13(19)8-11)10-21-17(22)14-9-12(18)6-7-16(14)25(21,23)24/h3-9,15H,10H2,1-2H3/t15-/m1/s1. The van der Waals surface area contributed by atoms with Gasteiger partial charge in [-0.25, -0.2) is 17.1 Å². The second-order valence-corrected chi connectivity index (χ2v) is 8.76. The van der Waals surface area contributed by atoms with Crippen LogP contribution < -0.4 is 0 Å². The van der Waals surface area contributed by atoms with E-state index >= 15 is 0 Å². The Kier molecular flexibility index (Phi) is 4.70. The van der Waals surface area contributed by atoms with Gasteiger partial charge in [0.1, 0.15) is 10.7 Å². The number of sulfonamides is 1. The zero-order valence-electron chi connectivity index (χ0n) is 13.6. The summed E-state index contributed by atoms with van der Waals surface area (Å²) < 4.78 is 40.6. The number of likely N-dealkylation sites (N-methyl/N-ethyl adjacent to an activating group) is 1. The van der Waals surface area contributed by atoms with Gasteiger partial charge in [0.15, 0.2) is 0 Å². The highest BCUT2D eigenvalue weighted by Gasteiger charge is 2.42. The highest BCUT2D eigenvalue weighted by molar-refractivity contribution is 9.10. The fraction of sp³-hybridized carbons (Fsp3) is 0.235. The molecule has 0 unspecified atom stereocenters. The van der Waals surface area contributed by atoms with Crippen molar-refractivity contribution in [1.82, 2.24) is 9.21 Å². The van der Waals surface area contributed by atoms with Crippen LogP contribution in [0.25, 0.3) is 0 Å². The summed E-state index contributed by atoms with van der Waals surface area (Å²) in [5.41, 5.74) is 0.747. The third-order valence-corrected chi connectivity index (χ3v) is 6.46. The molecular weight excluding hydrogens is 411 g/mol. The van der Waals surface area contributed by atoms with Crippen molar-refractivity contribution in [3.05, 3.63) is 63.9 Å². The molecule has 0 saturated heterocycles. The number of hydrogen-bond acceptors (Lipinski definition) is 4. The van der Waals surface area contributed by atoms with E-state index in [0.29, 0.717) is 10.0 Å². The minimum Gasteiger partial charge on any atom is -0.301 e. The van der Waals surface area contributed by atoms with Gasteiger partial charge in [-0.2, -0.15) is 0 Å². The van der Waals surface area contributed by atoms with Crippen LogP contribution in [0.3, 0.4) is 0 Å². The number of halogens is 2. The van der Waals surface area contributed by atoms with Gasteiger partial charge in [-0.3, -0.25) is 4.79 Å². The zero-order chi connectivity index (χ0) is 18.4. The van der Waals surface area contributed by atoms with Crippen molar-refractivity contribution in [2.24, 2.45) is 0 Å². The van der Waals surface area contributed by atoms with Gasteiger partial charge in [0.25, 0.3) is 15.9 Å². The first-order valence-corrected chi connectivity index (χ1v) is 9.73. The van der Waals surface area contributed by atoms with Gasteiger partial charge in [0.05, 0.1) is 18.2 Å². The van der Waals surface area contributed by atoms with Gasteiger partial charge < -0.3 is 4.90 Å². The minimum atomic E-state index is -3.92. The van der Waals surface area contributed by atoms with Crippen LogP contribution in [-0.4, -0.2) is 44.2 Å². The first-order chi connectivity index (χ1) is 11.7. The smallest absolute Gasteiger partial charge is 0.269 e. The Hall–Kier alpha value is -1.77. The highest BCUT2D eigenvalue weighted by Crippen LogP contribution is 2.34. The van der Waals surface area contributed by atoms with E-state index in [4.69, 9.17) is 0 Å². The van der Waals surface area contributed by atoms with E-state index in [2.05, 4.69) is 15.9 Å². The lowest BCUT2D eigenvalue weighted by Gasteiger charge is -2.28. The predicted octanol–water partition coefficient (Wildman–Crippen LogP) is 3.04. The molecule has 132 valence electrons. The summed E-state index contributed by atoms with van der Waals surface area (Å²) in [5.74, 6) is -0.980. The van der Waals surface area contributed by atoms with Crippen molar-refractivity contribution in [1.29, 1.82) is 0 Å². The SMILES string of the molecule is CN(C)[C@H](CN1C(=O)c2cc(Br)ccc2S1(=O)=O)c1cccc(F)c1. The van der Waals surface area contributed by atoms with Crippen LogP contribution in [0, 0.1) is 5.82 Å². The highest BCUT2D eigenvalue weighted by atomic mass is 79.9. The van der Waals surface area contributed by atoms with E-state index < -0.39 is 27.8 Å². The molecule has 1 amide bonds. The van der Waals surface area contributed by atoms with Crippen LogP contribution in [0.2, 0.25) is 0 Å². The molecule has 1 aliphatic rings. The summed E-state index contributed by atoms with van der Waals surface area (Å²) in [6, 6.07) is 9.98. The lowest BCUT2D eigenvalue weighted by Crippen LogP contribution is -2.38. The molecule has 0 saturated carbocycles. The summed E-state index contributed by atoms with van der Waals surface area (Å²) >= 11 is 3.25. The molecule has 0 aromatic heterocycles. The van der Waals surface area contributed by atoms with Gasteiger partial charge in [-0.1, -0.05) is 28.1 Å². The summed E-state index contributed by atoms with van der Waals surface area (Å²) in [6.07, 6.45) is 0. The quantitative estimate of drug-likeness (QED) is 0.753. The second-order valence-electron chi connectivity index (χ2n) is 6.02. The zero-order valence-corrected chi connectivity index (χ0v) is 16.0. The van der Waals surface area contributed by atoms with E-state index in [1.165, 1.54) is 24.3 Å². The Labute approximate surface area is 154 Å². The van der Waals surface area contributed by atoms with Gasteiger partial charge in [0, 0.05) is 4.47 Å². The molecule has 0 bridgehead atoms. The number of fused-ring (bicyclic) bond motifs is 1. The average molecular weight is 427 g/mol. The van der Waals surface area contributed by atoms with Crippen molar-refractivity contribution in [3.63, 3.8) is 0 Å². The average Bonchev–Trinajstić information content (AvgIpc) is 2.71. The summed E-state index contributed by atoms with van der Waals surface area (Å²) in [5, 5.41) is 0. The van der Waals surface area contributed by atoms with E-state index in [-0.39, 0.29) is 17.0 Å². The molecule has 8 heteroatoms. The Morgan fingerprint density at radius 1 is 1.20 bits per heavy atom. The molecule has 1 aliphatic heterocycles. The monoisotopic (exact) mass is 426 g/mol. The second kappa shape index (κ2) is 6.51. The summed E-state index contributed by atoms with van der Waals surface area (Å²) in [4.78, 5) is 14.4. The number of rotatable bonds is 4. The summed E-state index contributed by atoms with van der Waals surface area (Å²) in [7, 11) is -0.404. The first-order valence-electron chi connectivity index (χ1n) is 7.50. The van der Waals surface area contributed by atoms with Crippen LogP contribution in [-0.2, 0) is 10.0 Å². The van der Waals surface area contributed by atoms with Crippen LogP contribution in [0.5, 0.6) is 0 Å². The van der Waals surface area contributed by atoms with Crippen molar-refractivity contribution >= 4 is 31.9 Å². The molecule has 0 radical (unpaired) electrons. The van der Waals surface area contributed by atoms with Gasteiger partial charge in [-0.15, -0.1) is 0 Å². The molecule has 2 aromatic carbocycles. The number of hydrogen-bond donors (Lipinski definition) is 0. The molecule has 3 rings (SSSR count). The van der Waals surface area contributed by atoms with Crippen LogP contribution >= 0.6 is 15.9 Å². The molecule has 5 nitrogen and oxygen atoms in total. The lowest BCUT2D eigenvalue weighted by molar-refractivity contribution is 0.0845. The van der Waals surface area contributed by atoms with E-state index in [1.54, 1.807) is 37.2 Å². The number of nitrogens with zero attached hydrogens (tertiary/aromatic N) is 2. The Morgan fingerprint density at radius 2 is 1.92 bits per heavy atom. The number of amides is 1. The maximum absolute atomic E-state index is 13.6. The molecule has 25 heavy (non-hydrogen) atoms. The number of benzene rings is 2. The molecular formula is C17H16BrFN2O3S. The topological polar surface area (TPSA) is 57.7 Å². The minimum absolute atomic E-state index is 0.00236. The summed E-state index contributed by atoms with van der Waals surface area (Å²) in [6.45, 7) is -0.0933. The predicted molar refractivity (Wildman–Crippen MR) is 95.2 cm³/mol. The largest absolute Gasteiger partial charge is 0.301 e. The van der Waals surface area contributed by atoms with Crippen LogP contribution in [0.15, 0.2) is 51.8 Å². The number of carbonyl (C=O) groups is 1. The molecule has 1 atom stereocenters. The first kappa shape index (κ1) is 18.0. The molecule has 1 heterocycles. The van der Waals surface area contributed by atoms with E-state index in [1.807, 2.05) is 0 Å². The Bertz CT molecular complexity index is 947. The van der Waals surface area contributed by atoms with E-state index in [9.17, 15) is 17.6 Å². The van der Waals surface area contributed by atoms with Gasteiger partial charge >= 0.3 is 0 Å².